The first kappa shape index (κ1) is 26.3. The van der Waals surface area contributed by atoms with Crippen LogP contribution in [0.3, 0.4) is 0 Å². The highest BCUT2D eigenvalue weighted by molar-refractivity contribution is 14.0. The van der Waals surface area contributed by atoms with Crippen LogP contribution >= 0.6 is 24.0 Å². The van der Waals surface area contributed by atoms with Gasteiger partial charge in [-0.1, -0.05) is 6.07 Å². The van der Waals surface area contributed by atoms with Crippen molar-refractivity contribution in [2.24, 2.45) is 4.99 Å². The van der Waals surface area contributed by atoms with Gasteiger partial charge in [0.15, 0.2) is 5.96 Å². The van der Waals surface area contributed by atoms with Crippen molar-refractivity contribution in [2.75, 3.05) is 44.7 Å². The highest BCUT2D eigenvalue weighted by atomic mass is 127. The fourth-order valence-electron chi connectivity index (χ4n) is 3.48. The van der Waals surface area contributed by atoms with E-state index in [0.717, 1.165) is 31.5 Å². The number of nitrogens with one attached hydrogen (secondary N) is 2. The van der Waals surface area contributed by atoms with Gasteiger partial charge in [0.2, 0.25) is 0 Å². The number of benzene rings is 1. The largest absolute Gasteiger partial charge is 0.450 e. The van der Waals surface area contributed by atoms with E-state index in [1.54, 1.807) is 18.0 Å². The maximum atomic E-state index is 14.5. The van der Waals surface area contributed by atoms with Crippen LogP contribution in [0.15, 0.2) is 23.2 Å². The number of amides is 1. The fourth-order valence-corrected chi connectivity index (χ4v) is 3.48. The van der Waals surface area contributed by atoms with Gasteiger partial charge in [0.1, 0.15) is 5.82 Å². The quantitative estimate of drug-likeness (QED) is 0.318. The van der Waals surface area contributed by atoms with Crippen LogP contribution in [0.4, 0.5) is 14.9 Å². The molecule has 30 heavy (non-hydrogen) atoms. The minimum absolute atomic E-state index is 0. The summed E-state index contributed by atoms with van der Waals surface area (Å²) in [6.07, 6.45) is 1.41. The first-order valence-corrected chi connectivity index (χ1v) is 10.4. The number of carbonyl (C=O) groups is 1. The minimum Gasteiger partial charge on any atom is -0.450 e. The van der Waals surface area contributed by atoms with Gasteiger partial charge < -0.3 is 25.2 Å². The number of ether oxygens (including phenoxy) is 1. The summed E-state index contributed by atoms with van der Waals surface area (Å²) in [7, 11) is 1.72. The molecule has 1 aromatic rings. The van der Waals surface area contributed by atoms with Crippen molar-refractivity contribution in [2.45, 2.75) is 46.2 Å². The second-order valence-electron chi connectivity index (χ2n) is 6.99. The summed E-state index contributed by atoms with van der Waals surface area (Å²) in [5.74, 6) is 0.468. The van der Waals surface area contributed by atoms with E-state index in [-0.39, 0.29) is 41.9 Å². The predicted octanol–water partition coefficient (Wildman–Crippen LogP) is 3.58. The minimum atomic E-state index is -0.247. The van der Waals surface area contributed by atoms with Crippen molar-refractivity contribution in [1.29, 1.82) is 0 Å². The van der Waals surface area contributed by atoms with Crippen LogP contribution in [0.5, 0.6) is 0 Å². The molecule has 170 valence electrons. The Bertz CT molecular complexity index is 692. The van der Waals surface area contributed by atoms with E-state index in [0.29, 0.717) is 37.9 Å². The molecule has 1 aromatic carbocycles. The number of guanidine groups is 1. The van der Waals surface area contributed by atoms with E-state index in [4.69, 9.17) is 4.74 Å². The molecule has 7 nitrogen and oxygen atoms in total. The lowest BCUT2D eigenvalue weighted by Gasteiger charge is -2.32. The number of piperidine rings is 1. The number of rotatable bonds is 7. The number of hydrogen-bond donors (Lipinski definition) is 2. The van der Waals surface area contributed by atoms with Crippen molar-refractivity contribution in [1.82, 2.24) is 15.5 Å². The first-order chi connectivity index (χ1) is 14.0. The second-order valence-corrected chi connectivity index (χ2v) is 6.99. The van der Waals surface area contributed by atoms with Gasteiger partial charge in [0, 0.05) is 45.8 Å². The number of nitrogens with zero attached hydrogens (tertiary/aromatic N) is 3. The lowest BCUT2D eigenvalue weighted by molar-refractivity contribution is 0.0963. The number of aliphatic imine (C=N–C) groups is 1. The van der Waals surface area contributed by atoms with Crippen LogP contribution in [0, 0.1) is 5.82 Å². The normalized spacial score (nSPS) is 14.7. The topological polar surface area (TPSA) is 69.2 Å². The van der Waals surface area contributed by atoms with Crippen LogP contribution in [-0.2, 0) is 11.3 Å². The number of anilines is 1. The lowest BCUT2D eigenvalue weighted by Crippen LogP contribution is -2.49. The van der Waals surface area contributed by atoms with Crippen molar-refractivity contribution in [3.63, 3.8) is 0 Å². The Kier molecular flexibility index (Phi) is 11.8. The maximum Gasteiger partial charge on any atom is 0.409 e. The predicted molar refractivity (Wildman–Crippen MR) is 130 cm³/mol. The zero-order valence-corrected chi connectivity index (χ0v) is 20.7. The van der Waals surface area contributed by atoms with Gasteiger partial charge in [-0.2, -0.15) is 0 Å². The Morgan fingerprint density at radius 3 is 2.47 bits per heavy atom. The molecule has 1 heterocycles. The summed E-state index contributed by atoms with van der Waals surface area (Å²) in [5, 5.41) is 6.63. The molecule has 0 aliphatic carbocycles. The Hall–Kier alpha value is -1.78. The number of hydrogen-bond acceptors (Lipinski definition) is 4. The lowest BCUT2D eigenvalue weighted by atomic mass is 10.1. The monoisotopic (exact) mass is 535 g/mol. The zero-order valence-electron chi connectivity index (χ0n) is 18.4. The van der Waals surface area contributed by atoms with Crippen LogP contribution in [0.2, 0.25) is 0 Å². The van der Waals surface area contributed by atoms with E-state index in [1.807, 2.05) is 37.8 Å². The van der Waals surface area contributed by atoms with E-state index >= 15 is 0 Å². The molecular weight excluding hydrogens is 500 g/mol. The second kappa shape index (κ2) is 13.5. The Morgan fingerprint density at radius 2 is 1.93 bits per heavy atom. The van der Waals surface area contributed by atoms with Crippen LogP contribution in [-0.4, -0.2) is 62.8 Å². The molecule has 0 unspecified atom stereocenters. The molecule has 9 heteroatoms. The Labute approximate surface area is 196 Å². The third-order valence-corrected chi connectivity index (χ3v) is 5.16. The van der Waals surface area contributed by atoms with E-state index in [2.05, 4.69) is 15.6 Å². The molecule has 2 rings (SSSR count). The average Bonchev–Trinajstić information content (AvgIpc) is 2.73. The smallest absolute Gasteiger partial charge is 0.409 e. The summed E-state index contributed by atoms with van der Waals surface area (Å²) in [6.45, 7) is 9.59. The average molecular weight is 535 g/mol. The van der Waals surface area contributed by atoms with Crippen molar-refractivity contribution < 1.29 is 13.9 Å². The highest BCUT2D eigenvalue weighted by Crippen LogP contribution is 2.20. The molecule has 0 saturated carbocycles. The van der Waals surface area contributed by atoms with Crippen molar-refractivity contribution in [3.8, 4) is 0 Å². The summed E-state index contributed by atoms with van der Waals surface area (Å²) in [6, 6.07) is 5.58. The molecule has 2 N–H and O–H groups in total. The summed E-state index contributed by atoms with van der Waals surface area (Å²) < 4.78 is 19.5. The summed E-state index contributed by atoms with van der Waals surface area (Å²) in [4.78, 5) is 19.8. The molecule has 0 spiro atoms. The molecule has 1 aliphatic rings. The van der Waals surface area contributed by atoms with E-state index < -0.39 is 0 Å². The molecule has 0 radical (unpaired) electrons. The molecule has 1 amide bonds. The van der Waals surface area contributed by atoms with Gasteiger partial charge in [-0.15, -0.1) is 24.0 Å². The Morgan fingerprint density at radius 1 is 1.27 bits per heavy atom. The molecule has 1 aliphatic heterocycles. The first-order valence-electron chi connectivity index (χ1n) is 10.4. The molecule has 1 fully saturated rings. The third kappa shape index (κ3) is 7.48. The fraction of sp³-hybridized carbons (Fsp3) is 0.619. The molecule has 1 saturated heterocycles. The molecule has 0 bridgehead atoms. The number of halogens is 2. The number of likely N-dealkylation sites (tertiary alicyclic amines) is 1. The third-order valence-electron chi connectivity index (χ3n) is 5.16. The van der Waals surface area contributed by atoms with Gasteiger partial charge in [-0.25, -0.2) is 9.18 Å². The van der Waals surface area contributed by atoms with Gasteiger partial charge in [-0.3, -0.25) is 4.99 Å². The van der Waals surface area contributed by atoms with Gasteiger partial charge >= 0.3 is 6.09 Å². The summed E-state index contributed by atoms with van der Waals surface area (Å²) >= 11 is 0. The SMILES string of the molecule is CCOC(=O)N1CCC(NC(=NC)NCc2ccc(N(CC)CC)c(F)c2)CC1.I. The van der Waals surface area contributed by atoms with E-state index in [1.165, 1.54) is 0 Å². The summed E-state index contributed by atoms with van der Waals surface area (Å²) in [5.41, 5.74) is 1.49. The molecule has 0 atom stereocenters. The van der Waals surface area contributed by atoms with Gasteiger partial charge in [0.05, 0.1) is 12.3 Å². The van der Waals surface area contributed by atoms with Gasteiger partial charge in [-0.05, 0) is 51.3 Å². The Balaban J connectivity index is 0.00000450. The van der Waals surface area contributed by atoms with Gasteiger partial charge in [0.25, 0.3) is 0 Å². The molecular formula is C21H35FIN5O2. The van der Waals surface area contributed by atoms with Crippen LogP contribution in [0.1, 0.15) is 39.2 Å². The number of carbonyl (C=O) groups excluding carboxylic acids is 1. The van der Waals surface area contributed by atoms with Crippen molar-refractivity contribution >= 4 is 41.7 Å². The van der Waals surface area contributed by atoms with Crippen LogP contribution < -0.4 is 15.5 Å². The van der Waals surface area contributed by atoms with Crippen molar-refractivity contribution in [3.05, 3.63) is 29.6 Å². The maximum absolute atomic E-state index is 14.5. The molecule has 0 aromatic heterocycles. The van der Waals surface area contributed by atoms with Crippen LogP contribution in [0.25, 0.3) is 0 Å². The zero-order chi connectivity index (χ0) is 21.2. The van der Waals surface area contributed by atoms with E-state index in [9.17, 15) is 9.18 Å². The standard InChI is InChI=1S/C21H34FN5O2.HI/c1-5-26(6-2)19-9-8-16(14-18(19)22)15-24-20(23-4)25-17-10-12-27(13-11-17)21(28)29-7-3;/h8-9,14,17H,5-7,10-13,15H2,1-4H3,(H2,23,24,25);1H. The highest BCUT2D eigenvalue weighted by Gasteiger charge is 2.24.